The molecule has 0 spiro atoms. The van der Waals surface area contributed by atoms with Crippen LogP contribution in [0.2, 0.25) is 0 Å². The minimum Gasteiger partial charge on any atom is -0.361 e. The molecule has 0 bridgehead atoms. The number of pyridine rings is 1. The number of aromatic nitrogens is 1. The summed E-state index contributed by atoms with van der Waals surface area (Å²) in [5, 5.41) is 8.26. The standard InChI is InChI=1S/C26H40N6OS/c1-6-30(7-2)13-12-27-25(34)28-21-9-10-22-20(18-21)8-11-23(29-22)31-14-16-32(17-15-31)24(33)19-26(3,4)5/h8-11,18H,6-7,12-17,19H2,1-5H3,(H2,27,28,34). The quantitative estimate of drug-likeness (QED) is 0.550. The maximum atomic E-state index is 12.5. The summed E-state index contributed by atoms with van der Waals surface area (Å²) < 4.78 is 0. The molecule has 1 fully saturated rings. The summed E-state index contributed by atoms with van der Waals surface area (Å²) in [5.41, 5.74) is 1.93. The van der Waals surface area contributed by atoms with Gasteiger partial charge < -0.3 is 25.3 Å². The van der Waals surface area contributed by atoms with E-state index in [4.69, 9.17) is 17.2 Å². The number of nitrogens with one attached hydrogen (secondary N) is 2. The number of likely N-dealkylation sites (N-methyl/N-ethyl adjacent to an activating group) is 1. The van der Waals surface area contributed by atoms with Crippen molar-refractivity contribution in [2.75, 3.05) is 62.6 Å². The predicted octanol–water partition coefficient (Wildman–Crippen LogP) is 3.95. The van der Waals surface area contributed by atoms with E-state index in [-0.39, 0.29) is 11.3 Å². The van der Waals surface area contributed by atoms with Gasteiger partial charge >= 0.3 is 0 Å². The monoisotopic (exact) mass is 484 g/mol. The Morgan fingerprint density at radius 2 is 1.79 bits per heavy atom. The maximum absolute atomic E-state index is 12.5. The van der Waals surface area contributed by atoms with Gasteiger partial charge in [-0.25, -0.2) is 4.98 Å². The summed E-state index contributed by atoms with van der Waals surface area (Å²) in [6, 6.07) is 10.3. The molecule has 0 radical (unpaired) electrons. The van der Waals surface area contributed by atoms with Gasteiger partial charge in [-0.15, -0.1) is 0 Å². The summed E-state index contributed by atoms with van der Waals surface area (Å²) >= 11 is 5.46. The van der Waals surface area contributed by atoms with Crippen molar-refractivity contribution in [2.24, 2.45) is 5.41 Å². The summed E-state index contributed by atoms with van der Waals surface area (Å²) in [6.45, 7) is 17.7. The number of amides is 1. The molecule has 1 saturated heterocycles. The fraction of sp³-hybridized carbons (Fsp3) is 0.577. The SMILES string of the molecule is CCN(CC)CCNC(=S)Nc1ccc2nc(N3CCN(C(=O)CC(C)(C)C)CC3)ccc2c1. The number of carbonyl (C=O) groups excluding carboxylic acids is 1. The first-order valence-corrected chi connectivity index (χ1v) is 12.8. The van der Waals surface area contributed by atoms with Crippen molar-refractivity contribution in [2.45, 2.75) is 41.0 Å². The molecule has 1 amide bonds. The number of fused-ring (bicyclic) bond motifs is 1. The number of hydrogen-bond donors (Lipinski definition) is 2. The Hall–Kier alpha value is -2.45. The number of anilines is 2. The maximum Gasteiger partial charge on any atom is 0.223 e. The van der Waals surface area contributed by atoms with E-state index in [1.165, 1.54) is 0 Å². The lowest BCUT2D eigenvalue weighted by atomic mass is 9.91. The lowest BCUT2D eigenvalue weighted by Gasteiger charge is -2.36. The van der Waals surface area contributed by atoms with Gasteiger partial charge in [0.2, 0.25) is 5.91 Å². The summed E-state index contributed by atoms with van der Waals surface area (Å²) in [6.07, 6.45) is 0.590. The van der Waals surface area contributed by atoms with Crippen LogP contribution in [0.5, 0.6) is 0 Å². The van der Waals surface area contributed by atoms with Gasteiger partial charge in [-0.3, -0.25) is 4.79 Å². The topological polar surface area (TPSA) is 63.7 Å². The van der Waals surface area contributed by atoms with E-state index in [9.17, 15) is 4.79 Å². The minimum atomic E-state index is 0.0208. The molecule has 0 aliphatic carbocycles. The summed E-state index contributed by atoms with van der Waals surface area (Å²) in [7, 11) is 0. The van der Waals surface area contributed by atoms with Crippen molar-refractivity contribution < 1.29 is 4.79 Å². The molecule has 3 rings (SSSR count). The molecule has 0 unspecified atom stereocenters. The first-order chi connectivity index (χ1) is 16.2. The van der Waals surface area contributed by atoms with Crippen LogP contribution in [0.4, 0.5) is 11.5 Å². The summed E-state index contributed by atoms with van der Waals surface area (Å²) in [5.74, 6) is 1.21. The highest BCUT2D eigenvalue weighted by molar-refractivity contribution is 7.80. The molecule has 1 aromatic heterocycles. The molecule has 1 aliphatic rings. The number of hydrogen-bond acceptors (Lipinski definition) is 5. The first-order valence-electron chi connectivity index (χ1n) is 12.4. The Balaban J connectivity index is 1.54. The third-order valence-corrected chi connectivity index (χ3v) is 6.42. The van der Waals surface area contributed by atoms with E-state index < -0.39 is 0 Å². The van der Waals surface area contributed by atoms with Gasteiger partial charge in [0.15, 0.2) is 5.11 Å². The highest BCUT2D eigenvalue weighted by Gasteiger charge is 2.25. The van der Waals surface area contributed by atoms with Gasteiger partial charge in [-0.2, -0.15) is 0 Å². The molecule has 1 aliphatic heterocycles. The molecular weight excluding hydrogens is 444 g/mol. The second kappa shape index (κ2) is 11.8. The van der Waals surface area contributed by atoms with E-state index in [1.54, 1.807) is 0 Å². The second-order valence-corrected chi connectivity index (χ2v) is 10.5. The normalized spacial score (nSPS) is 14.5. The van der Waals surface area contributed by atoms with Gasteiger partial charge in [0, 0.05) is 56.8 Å². The lowest BCUT2D eigenvalue weighted by Crippen LogP contribution is -2.49. The van der Waals surface area contributed by atoms with E-state index >= 15 is 0 Å². The van der Waals surface area contributed by atoms with Gasteiger partial charge in [0.25, 0.3) is 0 Å². The fourth-order valence-electron chi connectivity index (χ4n) is 4.16. The number of benzene rings is 1. The van der Waals surface area contributed by atoms with Crippen molar-refractivity contribution in [3.05, 3.63) is 30.3 Å². The smallest absolute Gasteiger partial charge is 0.223 e. The van der Waals surface area contributed by atoms with Gasteiger partial charge in [0.1, 0.15) is 5.82 Å². The van der Waals surface area contributed by atoms with E-state index in [0.29, 0.717) is 11.5 Å². The molecule has 1 aromatic carbocycles. The molecule has 0 atom stereocenters. The third kappa shape index (κ3) is 7.53. The average Bonchev–Trinajstić information content (AvgIpc) is 2.80. The molecule has 7 nitrogen and oxygen atoms in total. The van der Waals surface area contributed by atoms with E-state index in [2.05, 4.69) is 73.3 Å². The highest BCUT2D eigenvalue weighted by Crippen LogP contribution is 2.24. The average molecular weight is 485 g/mol. The largest absolute Gasteiger partial charge is 0.361 e. The van der Waals surface area contributed by atoms with Gasteiger partial charge in [0.05, 0.1) is 5.52 Å². The zero-order chi connectivity index (χ0) is 24.7. The van der Waals surface area contributed by atoms with Crippen LogP contribution in [0.1, 0.15) is 41.0 Å². The van der Waals surface area contributed by atoms with Crippen LogP contribution >= 0.6 is 12.2 Å². The van der Waals surface area contributed by atoms with Crippen molar-refractivity contribution in [1.29, 1.82) is 0 Å². The molecular formula is C26H40N6OS. The second-order valence-electron chi connectivity index (χ2n) is 10.1. The zero-order valence-electron chi connectivity index (χ0n) is 21.4. The van der Waals surface area contributed by atoms with Crippen molar-refractivity contribution in [3.63, 3.8) is 0 Å². The molecule has 2 aromatic rings. The van der Waals surface area contributed by atoms with Crippen LogP contribution in [-0.2, 0) is 4.79 Å². The van der Waals surface area contributed by atoms with Crippen LogP contribution in [-0.4, -0.2) is 78.2 Å². The number of carbonyl (C=O) groups is 1. The van der Waals surface area contributed by atoms with Crippen LogP contribution in [0.15, 0.2) is 30.3 Å². The van der Waals surface area contributed by atoms with Crippen molar-refractivity contribution in [3.8, 4) is 0 Å². The minimum absolute atomic E-state index is 0.0208. The third-order valence-electron chi connectivity index (χ3n) is 6.18. The number of thiocarbonyl (C=S) groups is 1. The Morgan fingerprint density at radius 3 is 2.44 bits per heavy atom. The molecule has 186 valence electrons. The van der Waals surface area contributed by atoms with Crippen LogP contribution in [0.3, 0.4) is 0 Å². The molecule has 0 saturated carbocycles. The fourth-order valence-corrected chi connectivity index (χ4v) is 4.38. The molecule has 2 heterocycles. The highest BCUT2D eigenvalue weighted by atomic mass is 32.1. The van der Waals surface area contributed by atoms with E-state index in [0.717, 1.165) is 74.8 Å². The van der Waals surface area contributed by atoms with Crippen LogP contribution in [0.25, 0.3) is 10.9 Å². The Labute approximate surface area is 209 Å². The van der Waals surface area contributed by atoms with Crippen LogP contribution in [0, 0.1) is 5.41 Å². The lowest BCUT2D eigenvalue weighted by molar-refractivity contribution is -0.133. The van der Waals surface area contributed by atoms with Crippen LogP contribution < -0.4 is 15.5 Å². The molecule has 34 heavy (non-hydrogen) atoms. The number of nitrogens with zero attached hydrogens (tertiary/aromatic N) is 4. The van der Waals surface area contributed by atoms with Gasteiger partial charge in [-0.1, -0.05) is 34.6 Å². The number of piperazine rings is 1. The Morgan fingerprint density at radius 1 is 1.09 bits per heavy atom. The number of rotatable bonds is 8. The van der Waals surface area contributed by atoms with Crippen molar-refractivity contribution >= 4 is 45.6 Å². The molecule has 2 N–H and O–H groups in total. The zero-order valence-corrected chi connectivity index (χ0v) is 22.2. The van der Waals surface area contributed by atoms with E-state index in [1.807, 2.05) is 17.0 Å². The molecule has 8 heteroatoms. The van der Waals surface area contributed by atoms with Crippen molar-refractivity contribution in [1.82, 2.24) is 20.1 Å². The first kappa shape index (κ1) is 26.2. The van der Waals surface area contributed by atoms with Gasteiger partial charge in [-0.05, 0) is 61.1 Å². The Bertz CT molecular complexity index is 977. The summed E-state index contributed by atoms with van der Waals surface area (Å²) in [4.78, 5) is 24.0. The Kier molecular flexibility index (Phi) is 9.08. The predicted molar refractivity (Wildman–Crippen MR) is 147 cm³/mol.